The number of furan rings is 1. The quantitative estimate of drug-likeness (QED) is 0.123. The van der Waals surface area contributed by atoms with Crippen LogP contribution in [0.25, 0.3) is 66.7 Å². The zero-order valence-corrected chi connectivity index (χ0v) is 34.9. The molecule has 5 aromatic carbocycles. The summed E-state index contributed by atoms with van der Waals surface area (Å²) in [5, 5.41) is 2.10. The number of hydrogen-bond donors (Lipinski definition) is 0. The Balaban J connectivity index is 0.000000226. The van der Waals surface area contributed by atoms with E-state index in [9.17, 15) is 0 Å². The Hall–Kier alpha value is -4.61. The number of rotatable bonds is 6. The second-order valence-corrected chi connectivity index (χ2v) is 24.8. The molecule has 0 N–H and O–H groups in total. The number of aryl methyl sites for hydroxylation is 1. The summed E-state index contributed by atoms with van der Waals surface area (Å²) < 4.78 is 16.0. The molecule has 0 amide bonds. The molecule has 0 unspecified atom stereocenters. The first kappa shape index (κ1) is 35.8. The van der Waals surface area contributed by atoms with Gasteiger partial charge in [-0.25, -0.2) is 0 Å². The van der Waals surface area contributed by atoms with E-state index in [-0.39, 0.29) is 20.1 Å². The largest absolute Gasteiger partial charge is 0.500 e. The van der Waals surface area contributed by atoms with Gasteiger partial charge in [-0.05, 0) is 52.0 Å². The maximum Gasteiger partial charge on any atom is 0.121 e. The number of hydrogen-bond acceptors (Lipinski definition) is 3. The third-order valence-electron chi connectivity index (χ3n) is 9.24. The molecule has 0 saturated heterocycles. The Morgan fingerprint density at radius 3 is 1.98 bits per heavy atom. The van der Waals surface area contributed by atoms with Crippen LogP contribution in [0.3, 0.4) is 0 Å². The second kappa shape index (κ2) is 16.0. The number of nitrogens with zero attached hydrogens (tertiary/aromatic N) is 2. The van der Waals surface area contributed by atoms with E-state index in [1.165, 1.54) is 21.1 Å². The summed E-state index contributed by atoms with van der Waals surface area (Å²) in [7, 11) is 0. The van der Waals surface area contributed by atoms with Gasteiger partial charge in [-0.2, -0.15) is 0 Å². The van der Waals surface area contributed by atoms with Crippen LogP contribution in [-0.4, -0.2) is 23.2 Å². The van der Waals surface area contributed by atoms with Crippen molar-refractivity contribution in [3.8, 4) is 44.8 Å². The van der Waals surface area contributed by atoms with Crippen LogP contribution in [-0.2, 0) is 20.1 Å². The van der Waals surface area contributed by atoms with Crippen molar-refractivity contribution in [2.24, 2.45) is 0 Å². The molecule has 0 saturated carbocycles. The number of aromatic nitrogens is 2. The van der Waals surface area contributed by atoms with E-state index in [0.717, 1.165) is 61.1 Å². The van der Waals surface area contributed by atoms with Gasteiger partial charge in [-0.3, -0.25) is 0 Å². The normalized spacial score (nSPS) is 11.8. The summed E-state index contributed by atoms with van der Waals surface area (Å²) in [5.74, 6) is 6.52. The molecule has 0 spiro atoms. The van der Waals surface area contributed by atoms with Gasteiger partial charge in [0, 0.05) is 33.1 Å². The molecule has 52 heavy (non-hydrogen) atoms. The summed E-state index contributed by atoms with van der Waals surface area (Å²) in [4.78, 5) is 9.14. The van der Waals surface area contributed by atoms with Gasteiger partial charge >= 0.3 is 106 Å². The molecule has 0 fully saturated rings. The number of pyridine rings is 2. The summed E-state index contributed by atoms with van der Waals surface area (Å²) in [6.07, 6.45) is 3.84. The third-order valence-corrected chi connectivity index (χ3v) is 13.7. The number of benzene rings is 5. The van der Waals surface area contributed by atoms with Crippen LogP contribution in [0, 0.1) is 19.1 Å². The molecule has 261 valence electrons. The van der Waals surface area contributed by atoms with Gasteiger partial charge in [-0.15, -0.1) is 23.8 Å². The van der Waals surface area contributed by atoms with Crippen molar-refractivity contribution < 1.29 is 25.9 Å². The molecule has 1 radical (unpaired) electrons. The zero-order chi connectivity index (χ0) is 36.5. The fraction of sp³-hybridized carbons (Fsp3) is 0.149. The van der Waals surface area contributed by atoms with Crippen LogP contribution < -0.4 is 4.40 Å². The Morgan fingerprint density at radius 2 is 1.31 bits per heavy atom. The topological polar surface area (TPSA) is 38.9 Å². The van der Waals surface area contributed by atoms with E-state index in [0.29, 0.717) is 0 Å². The molecular weight excluding hydrogens is 873 g/mol. The van der Waals surface area contributed by atoms with E-state index >= 15 is 0 Å². The summed E-state index contributed by atoms with van der Waals surface area (Å²) in [5.41, 5.74) is 12.5. The van der Waals surface area contributed by atoms with E-state index in [1.807, 2.05) is 62.4 Å². The summed E-state index contributed by atoms with van der Waals surface area (Å²) >= 11 is -1.77. The molecular formula is C47H42GeIrN2O-2. The van der Waals surface area contributed by atoms with Crippen LogP contribution in [0.4, 0.5) is 0 Å². The van der Waals surface area contributed by atoms with Crippen LogP contribution in [0.15, 0.2) is 144 Å². The standard InChI is InChI=1S/C32H24NO.C15H18GeN.Ir/c1-21(2)25-16-17-33-30(20-25)27-13-15-32-29(19-27)28-18-26(12-14-31(28)34-32)24-10-8-23(9-11-24)22-6-4-3-5-7-22;1-12-10-15(13-8-6-5-7-9-13)17-11-14(12)16(2,3)4;/h3-12,14-21H,1-2H3;5-8,10-11H,1-4H3;/q2*-1;/i21D;;. The predicted octanol–water partition coefficient (Wildman–Crippen LogP) is 12.3. The molecule has 0 bridgehead atoms. The Labute approximate surface area is 325 Å². The smallest absolute Gasteiger partial charge is 0.121 e. The fourth-order valence-corrected chi connectivity index (χ4v) is 10.0. The SMILES string of the molecule is Cc1cc(-c2[c-]cccc2)nc[c]1[Ge]([CH3])([CH3])[CH3].[2H]C(C)(C)c1ccnc(-c2[c-]cc3oc4ccc(-c5ccc(-c6ccccc6)cc5)cc4c3c2)c1.[Ir]. The van der Waals surface area contributed by atoms with Crippen molar-refractivity contribution in [3.05, 3.63) is 163 Å². The van der Waals surface area contributed by atoms with Crippen molar-refractivity contribution in [2.45, 2.75) is 43.9 Å². The van der Waals surface area contributed by atoms with Crippen molar-refractivity contribution in [3.63, 3.8) is 0 Å². The molecule has 3 aromatic heterocycles. The predicted molar refractivity (Wildman–Crippen MR) is 217 cm³/mol. The van der Waals surface area contributed by atoms with E-state index < -0.39 is 19.2 Å². The maximum absolute atomic E-state index is 8.36. The first-order valence-corrected chi connectivity index (χ1v) is 24.7. The van der Waals surface area contributed by atoms with Crippen LogP contribution in [0.1, 0.15) is 32.2 Å². The molecule has 8 aromatic rings. The van der Waals surface area contributed by atoms with Gasteiger partial charge in [0.25, 0.3) is 0 Å². The second-order valence-electron chi connectivity index (χ2n) is 14.2. The van der Waals surface area contributed by atoms with E-state index in [1.54, 1.807) is 6.20 Å². The molecule has 3 nitrogen and oxygen atoms in total. The molecule has 0 atom stereocenters. The molecule has 3 heterocycles. The minimum absolute atomic E-state index is 0. The molecule has 5 heteroatoms. The van der Waals surface area contributed by atoms with Gasteiger partial charge in [0.15, 0.2) is 0 Å². The first-order chi connectivity index (χ1) is 24.9. The third kappa shape index (κ3) is 8.21. The average Bonchev–Trinajstić information content (AvgIpc) is 3.52. The zero-order valence-electron chi connectivity index (χ0n) is 31.4. The maximum atomic E-state index is 8.36. The molecule has 8 rings (SSSR count). The van der Waals surface area contributed by atoms with Gasteiger partial charge in [0.1, 0.15) is 5.58 Å². The van der Waals surface area contributed by atoms with Gasteiger partial charge in [0.2, 0.25) is 0 Å². The van der Waals surface area contributed by atoms with Gasteiger partial charge in [0.05, 0.1) is 5.58 Å². The van der Waals surface area contributed by atoms with Crippen molar-refractivity contribution in [1.29, 1.82) is 0 Å². The van der Waals surface area contributed by atoms with Gasteiger partial charge < -0.3 is 9.40 Å². The number of fused-ring (bicyclic) bond motifs is 3. The first-order valence-electron chi connectivity index (χ1n) is 17.9. The minimum atomic E-state index is -1.77. The van der Waals surface area contributed by atoms with Crippen molar-refractivity contribution >= 4 is 39.6 Å². The summed E-state index contributed by atoms with van der Waals surface area (Å²) in [6.45, 7) is 5.97. The molecule has 0 aliphatic heterocycles. The van der Waals surface area contributed by atoms with Crippen LogP contribution >= 0.6 is 0 Å². The van der Waals surface area contributed by atoms with E-state index in [2.05, 4.69) is 131 Å². The summed E-state index contributed by atoms with van der Waals surface area (Å²) in [6, 6.07) is 50.0. The van der Waals surface area contributed by atoms with Gasteiger partial charge in [-0.1, -0.05) is 91.5 Å². The van der Waals surface area contributed by atoms with Crippen LogP contribution in [0.2, 0.25) is 17.3 Å². The fourth-order valence-electron chi connectivity index (χ4n) is 6.46. The Kier molecular flexibility index (Phi) is 11.0. The molecule has 0 aliphatic carbocycles. The monoisotopic (exact) mass is 918 g/mol. The average molecular weight is 917 g/mol. The Bertz CT molecular complexity index is 2480. The van der Waals surface area contributed by atoms with Crippen molar-refractivity contribution in [2.75, 3.05) is 0 Å². The van der Waals surface area contributed by atoms with Crippen molar-refractivity contribution in [1.82, 2.24) is 9.97 Å². The molecule has 0 aliphatic rings. The van der Waals surface area contributed by atoms with E-state index in [4.69, 9.17) is 5.79 Å². The minimum Gasteiger partial charge on any atom is -0.500 e. The Morgan fingerprint density at radius 1 is 0.654 bits per heavy atom. The van der Waals surface area contributed by atoms with Crippen LogP contribution in [0.5, 0.6) is 0 Å².